The van der Waals surface area contributed by atoms with Crippen LogP contribution in [0.2, 0.25) is 0 Å². The first-order chi connectivity index (χ1) is 10.4. The largest absolute Gasteiger partial charge is 0.285 e. The van der Waals surface area contributed by atoms with Crippen LogP contribution in [0, 0.1) is 6.92 Å². The molecule has 0 aliphatic carbocycles. The molecule has 8 heteroatoms. The van der Waals surface area contributed by atoms with Crippen LogP contribution in [0.15, 0.2) is 50.2 Å². The van der Waals surface area contributed by atoms with E-state index in [1.807, 2.05) is 6.92 Å². The summed E-state index contributed by atoms with van der Waals surface area (Å²) in [6, 6.07) is 6.44. The first-order valence-electron chi connectivity index (χ1n) is 6.57. The molecule has 2 heterocycles. The summed E-state index contributed by atoms with van der Waals surface area (Å²) in [7, 11) is -3.85. The van der Waals surface area contributed by atoms with Gasteiger partial charge >= 0.3 is 0 Å². The standard InChI is InChI=1S/C14H13BrN2O3S2/c1-9-2-4-11(5-3-9)22(19,20)12-7-16-14-17(13(12)18)8-10(6-15)21-14/h2-5,7,10H,6,8H2,1H3. The van der Waals surface area contributed by atoms with Crippen LogP contribution in [-0.2, 0) is 16.4 Å². The van der Waals surface area contributed by atoms with Crippen LogP contribution in [-0.4, -0.2) is 28.5 Å². The topological polar surface area (TPSA) is 69.0 Å². The van der Waals surface area contributed by atoms with E-state index in [-0.39, 0.29) is 15.0 Å². The van der Waals surface area contributed by atoms with Gasteiger partial charge in [0, 0.05) is 17.1 Å². The number of benzene rings is 1. The number of nitrogens with zero attached hydrogens (tertiary/aromatic N) is 2. The van der Waals surface area contributed by atoms with E-state index in [0.717, 1.165) is 10.9 Å². The van der Waals surface area contributed by atoms with Crippen molar-refractivity contribution >= 4 is 37.5 Å². The van der Waals surface area contributed by atoms with Gasteiger partial charge in [-0.3, -0.25) is 9.36 Å². The van der Waals surface area contributed by atoms with E-state index in [9.17, 15) is 13.2 Å². The summed E-state index contributed by atoms with van der Waals surface area (Å²) in [5.41, 5.74) is 0.459. The number of halogens is 1. The highest BCUT2D eigenvalue weighted by molar-refractivity contribution is 9.09. The van der Waals surface area contributed by atoms with Gasteiger partial charge < -0.3 is 0 Å². The highest BCUT2D eigenvalue weighted by atomic mass is 79.9. The first-order valence-corrected chi connectivity index (χ1v) is 10.1. The molecule has 0 saturated heterocycles. The van der Waals surface area contributed by atoms with Crippen molar-refractivity contribution in [1.82, 2.24) is 9.55 Å². The SMILES string of the molecule is Cc1ccc(S(=O)(=O)c2cnc3n(c2=O)CC(CBr)S3)cc1. The van der Waals surface area contributed by atoms with Crippen molar-refractivity contribution in [1.29, 1.82) is 0 Å². The van der Waals surface area contributed by atoms with E-state index in [4.69, 9.17) is 0 Å². The maximum atomic E-state index is 12.6. The summed E-state index contributed by atoms with van der Waals surface area (Å²) in [6.07, 6.45) is 1.17. The lowest BCUT2D eigenvalue weighted by molar-refractivity contribution is 0.575. The fourth-order valence-electron chi connectivity index (χ4n) is 2.21. The molecule has 2 aromatic rings. The van der Waals surface area contributed by atoms with Gasteiger partial charge in [-0.1, -0.05) is 45.4 Å². The van der Waals surface area contributed by atoms with E-state index >= 15 is 0 Å². The quantitative estimate of drug-likeness (QED) is 0.583. The molecule has 0 spiro atoms. The van der Waals surface area contributed by atoms with Gasteiger partial charge in [0.05, 0.1) is 11.1 Å². The second kappa shape index (κ2) is 5.82. The highest BCUT2D eigenvalue weighted by Gasteiger charge is 2.29. The van der Waals surface area contributed by atoms with Crippen LogP contribution in [0.1, 0.15) is 5.56 Å². The summed E-state index contributed by atoms with van der Waals surface area (Å²) in [6.45, 7) is 2.34. The average molecular weight is 401 g/mol. The van der Waals surface area contributed by atoms with Crippen molar-refractivity contribution in [3.05, 3.63) is 46.4 Å². The van der Waals surface area contributed by atoms with Crippen molar-refractivity contribution in [2.24, 2.45) is 0 Å². The normalized spacial score (nSPS) is 17.5. The number of alkyl halides is 1. The number of hydrogen-bond acceptors (Lipinski definition) is 5. The van der Waals surface area contributed by atoms with Gasteiger partial charge in [0.2, 0.25) is 9.84 Å². The number of fused-ring (bicyclic) bond motifs is 1. The fraction of sp³-hybridized carbons (Fsp3) is 0.286. The summed E-state index contributed by atoms with van der Waals surface area (Å²) in [5, 5.41) is 1.48. The Morgan fingerprint density at radius 3 is 2.68 bits per heavy atom. The van der Waals surface area contributed by atoms with Crippen molar-refractivity contribution in [2.45, 2.75) is 33.7 Å². The molecule has 0 bridgehead atoms. The molecule has 1 aliphatic heterocycles. The van der Waals surface area contributed by atoms with Gasteiger partial charge in [0.1, 0.15) is 0 Å². The third kappa shape index (κ3) is 2.63. The predicted molar refractivity (Wildman–Crippen MR) is 88.6 cm³/mol. The van der Waals surface area contributed by atoms with Gasteiger partial charge in [-0.05, 0) is 19.1 Å². The van der Waals surface area contributed by atoms with Crippen LogP contribution in [0.3, 0.4) is 0 Å². The van der Waals surface area contributed by atoms with Crippen LogP contribution in [0.5, 0.6) is 0 Å². The summed E-state index contributed by atoms with van der Waals surface area (Å²) >= 11 is 4.86. The summed E-state index contributed by atoms with van der Waals surface area (Å²) < 4.78 is 26.7. The van der Waals surface area contributed by atoms with E-state index in [1.54, 1.807) is 12.1 Å². The average Bonchev–Trinajstić information content (AvgIpc) is 2.92. The van der Waals surface area contributed by atoms with Crippen LogP contribution < -0.4 is 5.56 Å². The lowest BCUT2D eigenvalue weighted by Gasteiger charge is -2.07. The number of rotatable bonds is 3. The van der Waals surface area contributed by atoms with Crippen LogP contribution >= 0.6 is 27.7 Å². The number of aromatic nitrogens is 2. The minimum absolute atomic E-state index is 0.111. The molecule has 116 valence electrons. The van der Waals surface area contributed by atoms with E-state index < -0.39 is 15.4 Å². The zero-order valence-corrected chi connectivity index (χ0v) is 14.9. The number of sulfone groups is 1. The molecule has 0 amide bonds. The van der Waals surface area contributed by atoms with Crippen molar-refractivity contribution in [2.75, 3.05) is 5.33 Å². The second-order valence-electron chi connectivity index (χ2n) is 5.03. The number of hydrogen-bond donors (Lipinski definition) is 0. The third-order valence-electron chi connectivity index (χ3n) is 3.43. The Bertz CT molecular complexity index is 876. The number of thioether (sulfide) groups is 1. The monoisotopic (exact) mass is 400 g/mol. The molecule has 22 heavy (non-hydrogen) atoms. The molecule has 0 N–H and O–H groups in total. The molecule has 0 radical (unpaired) electrons. The lowest BCUT2D eigenvalue weighted by Crippen LogP contribution is -2.27. The molecule has 1 aromatic heterocycles. The molecule has 3 rings (SSSR count). The van der Waals surface area contributed by atoms with Gasteiger partial charge in [-0.25, -0.2) is 13.4 Å². The predicted octanol–water partition coefficient (Wildman–Crippen LogP) is 2.25. The molecule has 0 fully saturated rings. The van der Waals surface area contributed by atoms with Crippen LogP contribution in [0.25, 0.3) is 0 Å². The molecule has 1 aliphatic rings. The maximum absolute atomic E-state index is 12.6. The summed E-state index contributed by atoms with van der Waals surface area (Å²) in [4.78, 5) is 16.5. The molecular weight excluding hydrogens is 388 g/mol. The molecular formula is C14H13BrN2O3S2. The zero-order valence-electron chi connectivity index (χ0n) is 11.7. The Labute approximate surface area is 140 Å². The van der Waals surface area contributed by atoms with Gasteiger partial charge in [-0.2, -0.15) is 0 Å². The molecule has 5 nitrogen and oxygen atoms in total. The zero-order chi connectivity index (χ0) is 15.9. The van der Waals surface area contributed by atoms with E-state index in [1.165, 1.54) is 34.7 Å². The Kier molecular flexibility index (Phi) is 4.17. The van der Waals surface area contributed by atoms with Gasteiger partial charge in [0.15, 0.2) is 10.1 Å². The summed E-state index contributed by atoms with van der Waals surface area (Å²) in [5.74, 6) is 0. The minimum atomic E-state index is -3.85. The van der Waals surface area contributed by atoms with Crippen molar-refractivity contribution in [3.8, 4) is 0 Å². The first kappa shape index (κ1) is 15.8. The Morgan fingerprint density at radius 2 is 2.05 bits per heavy atom. The second-order valence-corrected chi connectivity index (χ2v) is 8.86. The van der Waals surface area contributed by atoms with E-state index in [2.05, 4.69) is 20.9 Å². The maximum Gasteiger partial charge on any atom is 0.273 e. The molecule has 1 unspecified atom stereocenters. The van der Waals surface area contributed by atoms with Gasteiger partial charge in [0.25, 0.3) is 5.56 Å². The Balaban J connectivity index is 2.10. The minimum Gasteiger partial charge on any atom is -0.285 e. The highest BCUT2D eigenvalue weighted by Crippen LogP contribution is 2.30. The van der Waals surface area contributed by atoms with Crippen molar-refractivity contribution in [3.63, 3.8) is 0 Å². The van der Waals surface area contributed by atoms with Gasteiger partial charge in [-0.15, -0.1) is 0 Å². The smallest absolute Gasteiger partial charge is 0.273 e. The number of aryl methyl sites for hydroxylation is 1. The fourth-order valence-corrected chi connectivity index (χ4v) is 5.08. The van der Waals surface area contributed by atoms with E-state index in [0.29, 0.717) is 11.7 Å². The molecule has 1 atom stereocenters. The van der Waals surface area contributed by atoms with Crippen LogP contribution in [0.4, 0.5) is 0 Å². The lowest BCUT2D eigenvalue weighted by atomic mass is 10.2. The van der Waals surface area contributed by atoms with Crippen molar-refractivity contribution < 1.29 is 8.42 Å². The Morgan fingerprint density at radius 1 is 1.36 bits per heavy atom. The Hall–Kier alpha value is -1.12. The molecule has 1 aromatic carbocycles. The third-order valence-corrected chi connectivity index (χ3v) is 7.58. The molecule has 0 saturated carbocycles.